The van der Waals surface area contributed by atoms with Crippen LogP contribution in [-0.2, 0) is 11.3 Å². The predicted molar refractivity (Wildman–Crippen MR) is 111 cm³/mol. The van der Waals surface area contributed by atoms with Gasteiger partial charge in [0.15, 0.2) is 5.96 Å². The van der Waals surface area contributed by atoms with Gasteiger partial charge in [-0.2, -0.15) is 0 Å². The van der Waals surface area contributed by atoms with Crippen molar-refractivity contribution in [1.29, 1.82) is 0 Å². The Morgan fingerprint density at radius 3 is 2.96 bits per heavy atom. The molecule has 0 saturated carbocycles. The summed E-state index contributed by atoms with van der Waals surface area (Å²) in [4.78, 5) is 17.8. The van der Waals surface area contributed by atoms with Gasteiger partial charge < -0.3 is 20.7 Å². The van der Waals surface area contributed by atoms with E-state index in [0.29, 0.717) is 25.5 Å². The number of primary amides is 1. The smallest absolute Gasteiger partial charge is 0.217 e. The number of nitrogens with zero attached hydrogens (tertiary/aromatic N) is 2. The number of carbonyl (C=O) groups excluding carboxylic acids is 1. The number of amides is 1. The molecule has 3 N–H and O–H groups in total. The third-order valence-electron chi connectivity index (χ3n) is 4.18. The van der Waals surface area contributed by atoms with E-state index in [2.05, 4.69) is 21.3 Å². The minimum atomic E-state index is -0.225. The lowest BCUT2D eigenvalue weighted by molar-refractivity contribution is -0.119. The molecule has 1 atom stereocenters. The fourth-order valence-electron chi connectivity index (χ4n) is 3.13. The van der Waals surface area contributed by atoms with Crippen LogP contribution in [0.2, 0.25) is 0 Å². The number of nitrogens with one attached hydrogen (secondary N) is 1. The number of rotatable bonds is 6. The van der Waals surface area contributed by atoms with Gasteiger partial charge in [-0.25, -0.2) is 0 Å². The zero-order valence-corrected chi connectivity index (χ0v) is 17.4. The first-order valence-electron chi connectivity index (χ1n) is 8.58. The van der Waals surface area contributed by atoms with E-state index < -0.39 is 0 Å². The SMILES string of the molecule is CCOc1cccc(CNC(=NC)N2CCCC(CC(N)=O)C2)c1.I. The maximum absolute atomic E-state index is 11.2. The van der Waals surface area contributed by atoms with Crippen LogP contribution in [0.15, 0.2) is 29.3 Å². The number of nitrogens with two attached hydrogens (primary N) is 1. The molecule has 25 heavy (non-hydrogen) atoms. The molecule has 2 rings (SSSR count). The molecular formula is C18H29IN4O2. The van der Waals surface area contributed by atoms with Gasteiger partial charge in [-0.15, -0.1) is 24.0 Å². The molecule has 1 saturated heterocycles. The van der Waals surface area contributed by atoms with Crippen molar-refractivity contribution in [1.82, 2.24) is 10.2 Å². The summed E-state index contributed by atoms with van der Waals surface area (Å²) in [6.07, 6.45) is 2.55. The number of likely N-dealkylation sites (tertiary alicyclic amines) is 1. The number of halogens is 1. The number of guanidine groups is 1. The molecule has 7 heteroatoms. The quantitative estimate of drug-likeness (QED) is 0.388. The van der Waals surface area contributed by atoms with Gasteiger partial charge in [0.05, 0.1) is 6.61 Å². The largest absolute Gasteiger partial charge is 0.494 e. The van der Waals surface area contributed by atoms with Crippen molar-refractivity contribution in [3.05, 3.63) is 29.8 Å². The summed E-state index contributed by atoms with van der Waals surface area (Å²) < 4.78 is 5.53. The van der Waals surface area contributed by atoms with E-state index in [-0.39, 0.29) is 29.9 Å². The summed E-state index contributed by atoms with van der Waals surface area (Å²) >= 11 is 0. The van der Waals surface area contributed by atoms with Crippen molar-refractivity contribution < 1.29 is 9.53 Å². The summed E-state index contributed by atoms with van der Waals surface area (Å²) in [5, 5.41) is 3.40. The van der Waals surface area contributed by atoms with Crippen LogP contribution >= 0.6 is 24.0 Å². The number of ether oxygens (including phenoxy) is 1. The highest BCUT2D eigenvalue weighted by Gasteiger charge is 2.23. The van der Waals surface area contributed by atoms with Gasteiger partial charge in [0.2, 0.25) is 5.91 Å². The number of benzene rings is 1. The van der Waals surface area contributed by atoms with Crippen LogP contribution in [0.25, 0.3) is 0 Å². The second-order valence-corrected chi connectivity index (χ2v) is 6.11. The molecule has 0 radical (unpaired) electrons. The maximum Gasteiger partial charge on any atom is 0.217 e. The van der Waals surface area contributed by atoms with Crippen LogP contribution in [0.5, 0.6) is 5.75 Å². The number of hydrogen-bond donors (Lipinski definition) is 2. The van der Waals surface area contributed by atoms with E-state index in [4.69, 9.17) is 10.5 Å². The Morgan fingerprint density at radius 2 is 2.28 bits per heavy atom. The highest BCUT2D eigenvalue weighted by molar-refractivity contribution is 14.0. The Kier molecular flexibility index (Phi) is 9.62. The minimum absolute atomic E-state index is 0. The zero-order valence-electron chi connectivity index (χ0n) is 15.0. The molecule has 0 bridgehead atoms. The van der Waals surface area contributed by atoms with Crippen LogP contribution < -0.4 is 15.8 Å². The summed E-state index contributed by atoms with van der Waals surface area (Å²) in [5.74, 6) is 1.84. The lowest BCUT2D eigenvalue weighted by atomic mass is 9.95. The lowest BCUT2D eigenvalue weighted by Gasteiger charge is -2.34. The average Bonchev–Trinajstić information content (AvgIpc) is 2.56. The van der Waals surface area contributed by atoms with Gasteiger partial charge in [-0.05, 0) is 43.4 Å². The van der Waals surface area contributed by atoms with Crippen LogP contribution in [0.3, 0.4) is 0 Å². The Bertz CT molecular complexity index is 580. The number of carbonyl (C=O) groups is 1. The van der Waals surface area contributed by atoms with Crippen molar-refractivity contribution in [3.63, 3.8) is 0 Å². The third kappa shape index (κ3) is 7.09. The molecule has 1 unspecified atom stereocenters. The molecule has 0 spiro atoms. The van der Waals surface area contributed by atoms with Gasteiger partial charge >= 0.3 is 0 Å². The van der Waals surface area contributed by atoms with E-state index >= 15 is 0 Å². The summed E-state index contributed by atoms with van der Waals surface area (Å²) in [7, 11) is 1.79. The van der Waals surface area contributed by atoms with Crippen LogP contribution in [-0.4, -0.2) is 43.5 Å². The molecule has 1 amide bonds. The van der Waals surface area contributed by atoms with Gasteiger partial charge in [-0.3, -0.25) is 9.79 Å². The summed E-state index contributed by atoms with van der Waals surface area (Å²) in [6.45, 7) is 5.10. The number of aliphatic imine (C=N–C) groups is 1. The topological polar surface area (TPSA) is 79.9 Å². The Labute approximate surface area is 167 Å². The molecule has 1 aromatic carbocycles. The van der Waals surface area contributed by atoms with Crippen LogP contribution in [0.1, 0.15) is 31.7 Å². The Balaban J connectivity index is 0.00000312. The summed E-state index contributed by atoms with van der Waals surface area (Å²) in [5.41, 5.74) is 6.48. The van der Waals surface area contributed by atoms with Crippen LogP contribution in [0.4, 0.5) is 0 Å². The van der Waals surface area contributed by atoms with E-state index in [1.807, 2.05) is 25.1 Å². The van der Waals surface area contributed by atoms with Crippen molar-refractivity contribution >= 4 is 35.8 Å². The molecule has 0 aromatic heterocycles. The predicted octanol–water partition coefficient (Wildman–Crippen LogP) is 2.37. The average molecular weight is 460 g/mol. The molecule has 6 nitrogen and oxygen atoms in total. The fraction of sp³-hybridized carbons (Fsp3) is 0.556. The van der Waals surface area contributed by atoms with E-state index in [0.717, 1.165) is 43.2 Å². The molecule has 1 heterocycles. The second kappa shape index (κ2) is 11.2. The zero-order chi connectivity index (χ0) is 17.4. The van der Waals surface area contributed by atoms with Crippen molar-refractivity contribution in [3.8, 4) is 5.75 Å². The monoisotopic (exact) mass is 460 g/mol. The highest BCUT2D eigenvalue weighted by atomic mass is 127. The first-order valence-corrected chi connectivity index (χ1v) is 8.58. The van der Waals surface area contributed by atoms with Crippen molar-refractivity contribution in [2.45, 2.75) is 32.7 Å². The van der Waals surface area contributed by atoms with E-state index in [1.54, 1.807) is 7.05 Å². The first-order chi connectivity index (χ1) is 11.6. The lowest BCUT2D eigenvalue weighted by Crippen LogP contribution is -2.46. The molecule has 1 aliphatic heterocycles. The fourth-order valence-corrected chi connectivity index (χ4v) is 3.13. The standard InChI is InChI=1S/C18H28N4O2.HI/c1-3-24-16-8-4-6-14(10-16)12-21-18(20-2)22-9-5-7-15(13-22)11-17(19)23;/h4,6,8,10,15H,3,5,7,9,11-13H2,1-2H3,(H2,19,23)(H,20,21);1H. The highest BCUT2D eigenvalue weighted by Crippen LogP contribution is 2.19. The van der Waals surface area contributed by atoms with Crippen molar-refractivity contribution in [2.75, 3.05) is 26.7 Å². The Hall–Kier alpha value is -1.51. The molecular weight excluding hydrogens is 431 g/mol. The van der Waals surface area contributed by atoms with E-state index in [9.17, 15) is 4.79 Å². The van der Waals surface area contributed by atoms with Crippen molar-refractivity contribution in [2.24, 2.45) is 16.6 Å². The molecule has 1 aliphatic rings. The molecule has 140 valence electrons. The first kappa shape index (κ1) is 21.5. The third-order valence-corrected chi connectivity index (χ3v) is 4.18. The maximum atomic E-state index is 11.2. The normalized spacial score (nSPS) is 17.6. The molecule has 1 fully saturated rings. The van der Waals surface area contributed by atoms with Gasteiger partial charge in [-0.1, -0.05) is 12.1 Å². The number of piperidine rings is 1. The van der Waals surface area contributed by atoms with E-state index in [1.165, 1.54) is 0 Å². The minimum Gasteiger partial charge on any atom is -0.494 e. The van der Waals surface area contributed by atoms with Gasteiger partial charge in [0, 0.05) is 33.1 Å². The Morgan fingerprint density at radius 1 is 1.48 bits per heavy atom. The number of hydrogen-bond acceptors (Lipinski definition) is 3. The second-order valence-electron chi connectivity index (χ2n) is 6.11. The molecule has 0 aliphatic carbocycles. The van der Waals surface area contributed by atoms with Gasteiger partial charge in [0.25, 0.3) is 0 Å². The summed E-state index contributed by atoms with van der Waals surface area (Å²) in [6, 6.07) is 8.06. The van der Waals surface area contributed by atoms with Crippen LogP contribution in [0, 0.1) is 5.92 Å². The molecule has 1 aromatic rings. The van der Waals surface area contributed by atoms with Gasteiger partial charge in [0.1, 0.15) is 5.75 Å².